The van der Waals surface area contributed by atoms with Gasteiger partial charge in [0.15, 0.2) is 0 Å². The Balaban J connectivity index is 1.90. The Morgan fingerprint density at radius 2 is 1.24 bits per heavy atom. The maximum Gasteiger partial charge on any atom is 0.119 e. The SMILES string of the molecule is CC(C)CC(O)COc1ccc(C(C)(C)c2ccc(OCC(O)COC(C)C#CO)cc2)cc1. The highest BCUT2D eigenvalue weighted by atomic mass is 16.5. The molecule has 0 aliphatic heterocycles. The summed E-state index contributed by atoms with van der Waals surface area (Å²) < 4.78 is 16.7. The summed E-state index contributed by atoms with van der Waals surface area (Å²) in [6.07, 6.45) is 0.789. The Hall–Kier alpha value is -2.72. The van der Waals surface area contributed by atoms with Gasteiger partial charge in [-0.25, -0.2) is 0 Å². The summed E-state index contributed by atoms with van der Waals surface area (Å²) >= 11 is 0. The highest BCUT2D eigenvalue weighted by Crippen LogP contribution is 2.33. The van der Waals surface area contributed by atoms with Gasteiger partial charge in [-0.15, -0.1) is 0 Å². The van der Waals surface area contributed by atoms with Crippen LogP contribution in [0.1, 0.15) is 52.2 Å². The van der Waals surface area contributed by atoms with E-state index in [2.05, 4.69) is 33.6 Å². The molecule has 6 heteroatoms. The zero-order chi connectivity index (χ0) is 25.1. The first-order chi connectivity index (χ1) is 16.1. The molecule has 0 heterocycles. The third-order valence-corrected chi connectivity index (χ3v) is 5.59. The minimum absolute atomic E-state index is 0.0668. The molecule has 34 heavy (non-hydrogen) atoms. The van der Waals surface area contributed by atoms with Crippen LogP contribution in [-0.2, 0) is 10.2 Å². The van der Waals surface area contributed by atoms with Crippen LogP contribution in [0.15, 0.2) is 48.5 Å². The average molecular weight is 471 g/mol. The average Bonchev–Trinajstić information content (AvgIpc) is 2.80. The van der Waals surface area contributed by atoms with Crippen molar-refractivity contribution < 1.29 is 29.5 Å². The third-order valence-electron chi connectivity index (χ3n) is 5.59. The van der Waals surface area contributed by atoms with Crippen LogP contribution in [0.2, 0.25) is 0 Å². The van der Waals surface area contributed by atoms with E-state index in [0.29, 0.717) is 18.3 Å². The topological polar surface area (TPSA) is 88.4 Å². The summed E-state index contributed by atoms with van der Waals surface area (Å²) in [5.41, 5.74) is 2.04. The number of hydrogen-bond donors (Lipinski definition) is 3. The number of rotatable bonds is 13. The Bertz CT molecular complexity index is 909. The van der Waals surface area contributed by atoms with E-state index < -0.39 is 18.3 Å². The van der Waals surface area contributed by atoms with E-state index in [1.54, 1.807) is 13.0 Å². The molecule has 186 valence electrons. The van der Waals surface area contributed by atoms with Gasteiger partial charge in [-0.05, 0) is 60.6 Å². The molecular weight excluding hydrogens is 432 g/mol. The maximum atomic E-state index is 10.0. The van der Waals surface area contributed by atoms with E-state index >= 15 is 0 Å². The van der Waals surface area contributed by atoms with Gasteiger partial charge in [-0.1, -0.05) is 52.0 Å². The fraction of sp³-hybridized carbons (Fsp3) is 0.500. The number of aliphatic hydroxyl groups excluding tert-OH is 3. The van der Waals surface area contributed by atoms with Crippen molar-refractivity contribution in [2.24, 2.45) is 5.92 Å². The molecule has 0 spiro atoms. The van der Waals surface area contributed by atoms with Gasteiger partial charge >= 0.3 is 0 Å². The van der Waals surface area contributed by atoms with E-state index in [4.69, 9.17) is 19.3 Å². The second-order valence-electron chi connectivity index (χ2n) is 9.46. The Morgan fingerprint density at radius 3 is 1.68 bits per heavy atom. The quantitative estimate of drug-likeness (QED) is 0.379. The number of benzene rings is 2. The molecule has 0 amide bonds. The van der Waals surface area contributed by atoms with E-state index in [0.717, 1.165) is 23.3 Å². The number of hydrogen-bond acceptors (Lipinski definition) is 6. The fourth-order valence-corrected chi connectivity index (χ4v) is 3.54. The van der Waals surface area contributed by atoms with Crippen molar-refractivity contribution in [3.05, 3.63) is 59.7 Å². The lowest BCUT2D eigenvalue weighted by Gasteiger charge is -2.26. The van der Waals surface area contributed by atoms with Crippen LogP contribution in [0.5, 0.6) is 11.5 Å². The van der Waals surface area contributed by atoms with Crippen LogP contribution in [-0.4, -0.2) is 53.5 Å². The summed E-state index contributed by atoms with van der Waals surface area (Å²) in [5.74, 6) is 4.27. The first kappa shape index (κ1) is 27.5. The summed E-state index contributed by atoms with van der Waals surface area (Å²) in [7, 11) is 0. The molecule has 2 aromatic carbocycles. The molecule has 0 bridgehead atoms. The first-order valence-electron chi connectivity index (χ1n) is 11.7. The van der Waals surface area contributed by atoms with Crippen LogP contribution in [0.4, 0.5) is 0 Å². The maximum absolute atomic E-state index is 10.0. The molecular formula is C28H38O6. The second-order valence-corrected chi connectivity index (χ2v) is 9.46. The van der Waals surface area contributed by atoms with Crippen molar-refractivity contribution in [3.63, 3.8) is 0 Å². The Morgan fingerprint density at radius 1 is 0.765 bits per heavy atom. The van der Waals surface area contributed by atoms with E-state index in [9.17, 15) is 10.2 Å². The predicted molar refractivity (Wildman–Crippen MR) is 133 cm³/mol. The van der Waals surface area contributed by atoms with Gasteiger partial charge in [0, 0.05) is 5.41 Å². The van der Waals surface area contributed by atoms with E-state index in [1.165, 1.54) is 0 Å². The molecule has 0 fully saturated rings. The molecule has 3 N–H and O–H groups in total. The van der Waals surface area contributed by atoms with E-state index in [-0.39, 0.29) is 18.6 Å². The first-order valence-corrected chi connectivity index (χ1v) is 11.7. The molecule has 2 aromatic rings. The van der Waals surface area contributed by atoms with Gasteiger partial charge in [0.05, 0.1) is 12.7 Å². The Labute approximate surface area is 203 Å². The minimum Gasteiger partial charge on any atom is -0.491 e. The lowest BCUT2D eigenvalue weighted by Crippen LogP contribution is -2.25. The Kier molecular flexibility index (Phi) is 10.7. The van der Waals surface area contributed by atoms with Gasteiger partial charge in [0.25, 0.3) is 0 Å². The van der Waals surface area contributed by atoms with Crippen LogP contribution in [0.25, 0.3) is 0 Å². The third kappa shape index (κ3) is 8.90. The molecule has 0 saturated heterocycles. The predicted octanol–water partition coefficient (Wildman–Crippen LogP) is 4.28. The molecule has 0 aliphatic carbocycles. The van der Waals surface area contributed by atoms with Crippen LogP contribution < -0.4 is 9.47 Å². The molecule has 2 rings (SSSR count). The van der Waals surface area contributed by atoms with Crippen molar-refractivity contribution in [3.8, 4) is 23.5 Å². The standard InChI is InChI=1S/C28H38O6/c1-20(2)16-24(30)17-33-26-10-6-22(7-11-26)28(4,5)23-8-12-27(13-9-23)34-19-25(31)18-32-21(3)14-15-29/h6-13,20-21,24-25,29-31H,16-19H2,1-5H3. The summed E-state index contributed by atoms with van der Waals surface area (Å²) in [4.78, 5) is 0. The van der Waals surface area contributed by atoms with Crippen LogP contribution in [0.3, 0.4) is 0 Å². The molecule has 0 radical (unpaired) electrons. The summed E-state index contributed by atoms with van der Waals surface area (Å²) in [6, 6.07) is 15.8. The molecule has 0 aromatic heterocycles. The molecule has 0 saturated carbocycles. The lowest BCUT2D eigenvalue weighted by atomic mass is 9.78. The van der Waals surface area contributed by atoms with Gasteiger partial charge in [-0.3, -0.25) is 0 Å². The van der Waals surface area contributed by atoms with Crippen molar-refractivity contribution >= 4 is 0 Å². The van der Waals surface area contributed by atoms with Gasteiger partial charge in [0.2, 0.25) is 0 Å². The highest BCUT2D eigenvalue weighted by Gasteiger charge is 2.23. The monoisotopic (exact) mass is 470 g/mol. The fourth-order valence-electron chi connectivity index (χ4n) is 3.54. The smallest absolute Gasteiger partial charge is 0.119 e. The molecule has 0 aliphatic rings. The van der Waals surface area contributed by atoms with E-state index in [1.807, 2.05) is 48.5 Å². The number of ether oxygens (including phenoxy) is 3. The zero-order valence-corrected chi connectivity index (χ0v) is 20.8. The van der Waals surface area contributed by atoms with Gasteiger partial charge in [0.1, 0.15) is 43.0 Å². The summed E-state index contributed by atoms with van der Waals surface area (Å²) in [6.45, 7) is 10.6. The van der Waals surface area contributed by atoms with Crippen LogP contribution >= 0.6 is 0 Å². The summed E-state index contributed by atoms with van der Waals surface area (Å²) in [5, 5.41) is 28.5. The highest BCUT2D eigenvalue weighted by molar-refractivity contribution is 5.41. The largest absolute Gasteiger partial charge is 0.491 e. The molecule has 3 unspecified atom stereocenters. The second kappa shape index (κ2) is 13.2. The van der Waals surface area contributed by atoms with Crippen molar-refractivity contribution in [1.29, 1.82) is 0 Å². The van der Waals surface area contributed by atoms with Crippen molar-refractivity contribution in [1.82, 2.24) is 0 Å². The van der Waals surface area contributed by atoms with Gasteiger partial charge < -0.3 is 29.5 Å². The zero-order valence-electron chi connectivity index (χ0n) is 20.8. The number of aliphatic hydroxyl groups is 3. The van der Waals surface area contributed by atoms with Crippen LogP contribution in [0, 0.1) is 17.9 Å². The van der Waals surface area contributed by atoms with Crippen molar-refractivity contribution in [2.45, 2.75) is 64.8 Å². The van der Waals surface area contributed by atoms with Crippen molar-refractivity contribution in [2.75, 3.05) is 19.8 Å². The lowest BCUT2D eigenvalue weighted by molar-refractivity contribution is -0.00136. The van der Waals surface area contributed by atoms with Gasteiger partial charge in [-0.2, -0.15) is 0 Å². The molecule has 6 nitrogen and oxygen atoms in total. The minimum atomic E-state index is -0.800. The molecule has 3 atom stereocenters. The normalized spacial score (nSPS) is 14.1.